The van der Waals surface area contributed by atoms with Gasteiger partial charge in [-0.25, -0.2) is 4.98 Å². The predicted molar refractivity (Wildman–Crippen MR) is 120 cm³/mol. The number of aliphatic hydroxyl groups excluding tert-OH is 1. The molecule has 1 amide bonds. The van der Waals surface area contributed by atoms with Crippen molar-refractivity contribution in [2.45, 2.75) is 46.6 Å². The van der Waals surface area contributed by atoms with E-state index in [1.54, 1.807) is 11.0 Å². The van der Waals surface area contributed by atoms with Gasteiger partial charge >= 0.3 is 0 Å². The minimum absolute atomic E-state index is 0.00305. The van der Waals surface area contributed by atoms with Gasteiger partial charge in [-0.3, -0.25) is 4.79 Å². The number of hydrogen-bond acceptors (Lipinski definition) is 5. The minimum Gasteiger partial charge on any atom is -0.486 e. The van der Waals surface area contributed by atoms with E-state index < -0.39 is 0 Å². The summed E-state index contributed by atoms with van der Waals surface area (Å²) >= 11 is 7.67. The summed E-state index contributed by atoms with van der Waals surface area (Å²) in [5, 5.41) is 12.3. The van der Waals surface area contributed by atoms with Crippen LogP contribution in [0.1, 0.15) is 46.0 Å². The molecule has 0 bridgehead atoms. The Morgan fingerprint density at radius 3 is 2.60 bits per heavy atom. The van der Waals surface area contributed by atoms with Crippen LogP contribution in [-0.4, -0.2) is 26.9 Å². The molecule has 3 rings (SSSR count). The first-order chi connectivity index (χ1) is 14.4. The second kappa shape index (κ2) is 10.1. The molecular weight excluding hydrogens is 420 g/mol. The highest BCUT2D eigenvalue weighted by atomic mass is 35.5. The normalized spacial score (nSPS) is 11.0. The number of ether oxygens (including phenoxy) is 1. The molecule has 0 aliphatic heterocycles. The second-order valence-corrected chi connectivity index (χ2v) is 8.70. The lowest BCUT2D eigenvalue weighted by Gasteiger charge is -2.28. The number of benzene rings is 2. The monoisotopic (exact) mass is 444 g/mol. The van der Waals surface area contributed by atoms with Crippen LogP contribution in [-0.2, 0) is 19.8 Å². The van der Waals surface area contributed by atoms with Gasteiger partial charge in [0.15, 0.2) is 0 Å². The van der Waals surface area contributed by atoms with Crippen molar-refractivity contribution in [1.82, 2.24) is 9.88 Å². The van der Waals surface area contributed by atoms with Crippen molar-refractivity contribution >= 4 is 28.8 Å². The van der Waals surface area contributed by atoms with Gasteiger partial charge in [0.1, 0.15) is 17.4 Å². The lowest BCUT2D eigenvalue weighted by molar-refractivity contribution is 0.0688. The molecule has 0 unspecified atom stereocenters. The average molecular weight is 445 g/mol. The summed E-state index contributed by atoms with van der Waals surface area (Å²) in [6.45, 7) is 6.54. The predicted octanol–water partition coefficient (Wildman–Crippen LogP) is 5.23. The number of carbonyl (C=O) groups is 1. The van der Waals surface area contributed by atoms with Gasteiger partial charge in [-0.05, 0) is 51.1 Å². The van der Waals surface area contributed by atoms with Crippen molar-refractivity contribution in [1.29, 1.82) is 0 Å². The van der Waals surface area contributed by atoms with E-state index in [2.05, 4.69) is 4.98 Å². The number of carbonyl (C=O) groups excluding carboxylic acids is 1. The summed E-state index contributed by atoms with van der Waals surface area (Å²) in [4.78, 5) is 19.2. The first kappa shape index (κ1) is 22.3. The number of aryl methyl sites for hydroxylation is 1. The molecule has 0 saturated carbocycles. The van der Waals surface area contributed by atoms with Gasteiger partial charge in [0.25, 0.3) is 5.91 Å². The smallest absolute Gasteiger partial charge is 0.254 e. The third-order valence-corrected chi connectivity index (χ3v) is 5.76. The van der Waals surface area contributed by atoms with Crippen molar-refractivity contribution in [2.75, 3.05) is 0 Å². The summed E-state index contributed by atoms with van der Waals surface area (Å²) in [6.07, 6.45) is 0. The van der Waals surface area contributed by atoms with Crippen molar-refractivity contribution in [3.8, 4) is 5.75 Å². The van der Waals surface area contributed by atoms with E-state index in [-0.39, 0.29) is 25.2 Å². The third kappa shape index (κ3) is 5.59. The molecule has 1 aromatic heterocycles. The van der Waals surface area contributed by atoms with Gasteiger partial charge < -0.3 is 14.7 Å². The molecule has 0 radical (unpaired) electrons. The lowest BCUT2D eigenvalue weighted by atomic mass is 10.1. The molecule has 30 heavy (non-hydrogen) atoms. The molecule has 0 aliphatic rings. The highest BCUT2D eigenvalue weighted by Crippen LogP contribution is 2.27. The zero-order valence-corrected chi connectivity index (χ0v) is 18.8. The van der Waals surface area contributed by atoms with Crippen LogP contribution in [0.15, 0.2) is 47.8 Å². The number of rotatable bonds is 8. The summed E-state index contributed by atoms with van der Waals surface area (Å²) in [6, 6.07) is 13.0. The Hall–Kier alpha value is -2.41. The van der Waals surface area contributed by atoms with Crippen LogP contribution in [0.2, 0.25) is 5.02 Å². The first-order valence-electron chi connectivity index (χ1n) is 9.70. The zero-order chi connectivity index (χ0) is 21.7. The van der Waals surface area contributed by atoms with Crippen LogP contribution in [0.3, 0.4) is 0 Å². The fourth-order valence-corrected chi connectivity index (χ4v) is 3.87. The van der Waals surface area contributed by atoms with Gasteiger partial charge in [0, 0.05) is 34.1 Å². The largest absolute Gasteiger partial charge is 0.486 e. The number of nitrogens with zero attached hydrogens (tertiary/aromatic N) is 2. The molecular formula is C23H25ClN2O3S. The maximum Gasteiger partial charge on any atom is 0.254 e. The van der Waals surface area contributed by atoms with Crippen LogP contribution < -0.4 is 4.74 Å². The zero-order valence-electron chi connectivity index (χ0n) is 17.3. The lowest BCUT2D eigenvalue weighted by Crippen LogP contribution is -2.36. The molecule has 1 N–H and O–H groups in total. The molecule has 0 fully saturated rings. The number of amides is 1. The van der Waals surface area contributed by atoms with Gasteiger partial charge in [-0.15, -0.1) is 11.3 Å². The topological polar surface area (TPSA) is 62.7 Å². The van der Waals surface area contributed by atoms with Gasteiger partial charge in [0.2, 0.25) is 0 Å². The first-order valence-corrected chi connectivity index (χ1v) is 11.0. The summed E-state index contributed by atoms with van der Waals surface area (Å²) in [5.41, 5.74) is 3.22. The number of halogens is 1. The van der Waals surface area contributed by atoms with E-state index in [0.717, 1.165) is 16.1 Å². The highest BCUT2D eigenvalue weighted by Gasteiger charge is 2.21. The second-order valence-electron chi connectivity index (χ2n) is 7.32. The molecule has 0 saturated heterocycles. The Kier molecular flexibility index (Phi) is 7.48. The van der Waals surface area contributed by atoms with Gasteiger partial charge in [-0.1, -0.05) is 29.3 Å². The van der Waals surface area contributed by atoms with Gasteiger partial charge in [0.05, 0.1) is 12.3 Å². The Bertz CT molecular complexity index is 1000. The Morgan fingerprint density at radius 2 is 1.97 bits per heavy atom. The third-order valence-electron chi connectivity index (χ3n) is 4.66. The number of thiazole rings is 1. The molecule has 2 aromatic carbocycles. The molecule has 0 atom stereocenters. The van der Waals surface area contributed by atoms with E-state index in [4.69, 9.17) is 16.3 Å². The van der Waals surface area contributed by atoms with Crippen molar-refractivity contribution in [3.63, 3.8) is 0 Å². The van der Waals surface area contributed by atoms with E-state index >= 15 is 0 Å². The Labute approximate surface area is 185 Å². The fourth-order valence-electron chi connectivity index (χ4n) is 2.97. The summed E-state index contributed by atoms with van der Waals surface area (Å²) in [7, 11) is 0. The molecule has 0 spiro atoms. The maximum atomic E-state index is 13.1. The quantitative estimate of drug-likeness (QED) is 0.517. The maximum absolute atomic E-state index is 13.1. The molecule has 1 heterocycles. The van der Waals surface area contributed by atoms with Gasteiger partial charge in [-0.2, -0.15) is 0 Å². The molecule has 158 valence electrons. The van der Waals surface area contributed by atoms with Crippen LogP contribution in [0.5, 0.6) is 5.75 Å². The Balaban J connectivity index is 1.80. The highest BCUT2D eigenvalue weighted by molar-refractivity contribution is 7.09. The summed E-state index contributed by atoms with van der Waals surface area (Å²) in [5.74, 6) is 0.617. The van der Waals surface area contributed by atoms with E-state index in [1.807, 2.05) is 62.5 Å². The van der Waals surface area contributed by atoms with E-state index in [1.165, 1.54) is 11.3 Å². The van der Waals surface area contributed by atoms with Crippen LogP contribution in [0, 0.1) is 6.92 Å². The number of aromatic nitrogens is 1. The van der Waals surface area contributed by atoms with E-state index in [0.29, 0.717) is 28.6 Å². The van der Waals surface area contributed by atoms with Crippen molar-refractivity contribution in [3.05, 3.63) is 80.3 Å². The van der Waals surface area contributed by atoms with Crippen molar-refractivity contribution in [2.24, 2.45) is 0 Å². The number of aliphatic hydroxyl groups is 1. The molecule has 7 heteroatoms. The minimum atomic E-state index is -0.0901. The van der Waals surface area contributed by atoms with E-state index in [9.17, 15) is 9.90 Å². The van der Waals surface area contributed by atoms with Crippen LogP contribution in [0.4, 0.5) is 0 Å². The molecule has 0 aliphatic carbocycles. The van der Waals surface area contributed by atoms with Crippen molar-refractivity contribution < 1.29 is 14.6 Å². The number of hydrogen-bond donors (Lipinski definition) is 1. The summed E-state index contributed by atoms with van der Waals surface area (Å²) < 4.78 is 5.99. The standard InChI is InChI=1S/C23H25ClN2O3S/c1-15(2)26(23(28)17-6-4-16(3)5-7-17)11-18-10-19(24)8-9-21(18)29-13-22-25-20(12-27)14-30-22/h4-10,14-15,27H,11-13H2,1-3H3. The molecule has 5 nitrogen and oxygen atoms in total. The average Bonchev–Trinajstić information content (AvgIpc) is 3.19. The Morgan fingerprint density at radius 1 is 1.23 bits per heavy atom. The SMILES string of the molecule is Cc1ccc(C(=O)N(Cc2cc(Cl)ccc2OCc2nc(CO)cs2)C(C)C)cc1. The fraction of sp³-hybridized carbons (Fsp3) is 0.304. The van der Waals surface area contributed by atoms with Crippen LogP contribution >= 0.6 is 22.9 Å². The van der Waals surface area contributed by atoms with Crippen LogP contribution in [0.25, 0.3) is 0 Å². The molecule has 3 aromatic rings.